The highest BCUT2D eigenvalue weighted by atomic mass is 127. The average Bonchev–Trinajstić information content (AvgIpc) is 3.15. The van der Waals surface area contributed by atoms with Gasteiger partial charge >= 0.3 is 0 Å². The fourth-order valence-corrected chi connectivity index (χ4v) is 2.53. The van der Waals surface area contributed by atoms with E-state index in [0.29, 0.717) is 29.7 Å². The smallest absolute Gasteiger partial charge is 0.228 e. The van der Waals surface area contributed by atoms with Crippen LogP contribution in [0.1, 0.15) is 32.1 Å². The Morgan fingerprint density at radius 3 is 2.75 bits per heavy atom. The van der Waals surface area contributed by atoms with Gasteiger partial charge in [0.05, 0.1) is 0 Å². The van der Waals surface area contributed by atoms with Crippen molar-refractivity contribution in [1.29, 1.82) is 0 Å². The van der Waals surface area contributed by atoms with Crippen molar-refractivity contribution in [3.05, 3.63) is 35.2 Å². The number of ether oxygens (including phenoxy) is 1. The minimum absolute atomic E-state index is 0. The third kappa shape index (κ3) is 9.20. The molecule has 0 atom stereocenters. The van der Waals surface area contributed by atoms with E-state index >= 15 is 0 Å². The number of halogens is 2. The van der Waals surface area contributed by atoms with Crippen LogP contribution < -0.4 is 10.6 Å². The van der Waals surface area contributed by atoms with Crippen LogP contribution in [0.2, 0.25) is 5.02 Å². The van der Waals surface area contributed by atoms with Crippen molar-refractivity contribution in [3.63, 3.8) is 0 Å². The van der Waals surface area contributed by atoms with Crippen molar-refractivity contribution in [2.75, 3.05) is 33.4 Å². The molecule has 9 heteroatoms. The summed E-state index contributed by atoms with van der Waals surface area (Å²) in [5.74, 6) is 1.86. The minimum Gasteiger partial charge on any atom is -0.381 e. The summed E-state index contributed by atoms with van der Waals surface area (Å²) in [5, 5.41) is 11.1. The predicted octanol–water partition coefficient (Wildman–Crippen LogP) is 3.92. The molecule has 0 aliphatic carbocycles. The molecular weight excluding hydrogens is 493 g/mol. The number of aromatic nitrogens is 2. The summed E-state index contributed by atoms with van der Waals surface area (Å²) in [6.45, 7) is 5.21. The summed E-state index contributed by atoms with van der Waals surface area (Å²) >= 11 is 6.00. The van der Waals surface area contributed by atoms with Crippen molar-refractivity contribution in [3.8, 4) is 11.4 Å². The standard InChI is InChI=1S/C19H28ClN5O2.HI/c1-3-4-12-26-13-6-10-22-19(21-2)23-11-9-17-24-18(25-27-17)15-7-5-8-16(20)14-15;/h5,7-8,14H,3-4,6,9-13H2,1-2H3,(H2,21,22,23);1H. The number of rotatable bonds is 11. The van der Waals surface area contributed by atoms with Gasteiger partial charge in [-0.2, -0.15) is 4.98 Å². The van der Waals surface area contributed by atoms with Crippen LogP contribution in [0.15, 0.2) is 33.8 Å². The zero-order valence-electron chi connectivity index (χ0n) is 16.4. The molecule has 7 nitrogen and oxygen atoms in total. The van der Waals surface area contributed by atoms with Gasteiger partial charge in [0.25, 0.3) is 0 Å². The molecule has 0 aliphatic rings. The Hall–Kier alpha value is -1.39. The highest BCUT2D eigenvalue weighted by Gasteiger charge is 2.09. The molecule has 0 bridgehead atoms. The lowest BCUT2D eigenvalue weighted by Crippen LogP contribution is -2.39. The van der Waals surface area contributed by atoms with Crippen LogP contribution in [0.5, 0.6) is 0 Å². The third-order valence-electron chi connectivity index (χ3n) is 3.81. The maximum atomic E-state index is 6.00. The first-order valence-electron chi connectivity index (χ1n) is 9.33. The van der Waals surface area contributed by atoms with E-state index < -0.39 is 0 Å². The van der Waals surface area contributed by atoms with E-state index in [0.717, 1.165) is 50.5 Å². The molecule has 2 aromatic rings. The topological polar surface area (TPSA) is 84.6 Å². The van der Waals surface area contributed by atoms with Gasteiger partial charge in [-0.15, -0.1) is 24.0 Å². The molecule has 2 rings (SSSR count). The first kappa shape index (κ1) is 24.6. The van der Waals surface area contributed by atoms with Gasteiger partial charge in [0.15, 0.2) is 5.96 Å². The third-order valence-corrected chi connectivity index (χ3v) is 4.04. The highest BCUT2D eigenvalue weighted by molar-refractivity contribution is 14.0. The fraction of sp³-hybridized carbons (Fsp3) is 0.526. The van der Waals surface area contributed by atoms with E-state index in [9.17, 15) is 0 Å². The van der Waals surface area contributed by atoms with Crippen molar-refractivity contribution in [2.45, 2.75) is 32.6 Å². The molecule has 0 amide bonds. The van der Waals surface area contributed by atoms with E-state index in [1.165, 1.54) is 0 Å². The Kier molecular flexibility index (Phi) is 12.8. The second kappa shape index (κ2) is 14.6. The maximum Gasteiger partial charge on any atom is 0.228 e. The number of hydrogen-bond donors (Lipinski definition) is 2. The number of guanidine groups is 1. The second-order valence-corrected chi connectivity index (χ2v) is 6.45. The van der Waals surface area contributed by atoms with Crippen molar-refractivity contribution in [1.82, 2.24) is 20.8 Å². The maximum absolute atomic E-state index is 6.00. The first-order valence-corrected chi connectivity index (χ1v) is 9.71. The van der Waals surface area contributed by atoms with Gasteiger partial charge in [-0.1, -0.05) is 42.2 Å². The SMILES string of the molecule is CCCCOCCCNC(=NC)NCCc1nc(-c2cccc(Cl)c2)no1.I. The molecule has 1 heterocycles. The van der Waals surface area contributed by atoms with Crippen LogP contribution >= 0.6 is 35.6 Å². The summed E-state index contributed by atoms with van der Waals surface area (Å²) in [5.41, 5.74) is 0.837. The minimum atomic E-state index is 0. The van der Waals surface area contributed by atoms with Gasteiger partial charge in [0.1, 0.15) is 0 Å². The molecule has 0 fully saturated rings. The van der Waals surface area contributed by atoms with Gasteiger partial charge in [0.2, 0.25) is 11.7 Å². The van der Waals surface area contributed by atoms with Crippen LogP contribution in [0.25, 0.3) is 11.4 Å². The largest absolute Gasteiger partial charge is 0.381 e. The van der Waals surface area contributed by atoms with Gasteiger partial charge in [-0.25, -0.2) is 0 Å². The Balaban J connectivity index is 0.00000392. The molecule has 0 spiro atoms. The van der Waals surface area contributed by atoms with Crippen LogP contribution in [0, 0.1) is 0 Å². The summed E-state index contributed by atoms with van der Waals surface area (Å²) < 4.78 is 10.8. The summed E-state index contributed by atoms with van der Waals surface area (Å²) in [4.78, 5) is 8.60. The molecule has 28 heavy (non-hydrogen) atoms. The number of unbranched alkanes of at least 4 members (excludes halogenated alkanes) is 1. The molecule has 0 saturated heterocycles. The average molecular weight is 522 g/mol. The van der Waals surface area contributed by atoms with Crippen molar-refractivity contribution >= 4 is 41.5 Å². The first-order chi connectivity index (χ1) is 13.2. The zero-order valence-corrected chi connectivity index (χ0v) is 19.5. The molecule has 0 saturated carbocycles. The van der Waals surface area contributed by atoms with Gasteiger partial charge in [-0.3, -0.25) is 4.99 Å². The Bertz CT molecular complexity index is 711. The lowest BCUT2D eigenvalue weighted by Gasteiger charge is -2.11. The second-order valence-electron chi connectivity index (χ2n) is 6.02. The van der Waals surface area contributed by atoms with Gasteiger partial charge in [-0.05, 0) is 25.0 Å². The molecule has 1 aromatic heterocycles. The molecule has 156 valence electrons. The van der Waals surface area contributed by atoms with Gasteiger partial charge in [0, 0.05) is 50.4 Å². The van der Waals surface area contributed by atoms with Crippen molar-refractivity contribution in [2.24, 2.45) is 4.99 Å². The van der Waals surface area contributed by atoms with Gasteiger partial charge < -0.3 is 19.9 Å². The van der Waals surface area contributed by atoms with Crippen LogP contribution in [0.3, 0.4) is 0 Å². The Morgan fingerprint density at radius 2 is 2.00 bits per heavy atom. The predicted molar refractivity (Wildman–Crippen MR) is 124 cm³/mol. The highest BCUT2D eigenvalue weighted by Crippen LogP contribution is 2.19. The number of nitrogens with one attached hydrogen (secondary N) is 2. The number of hydrogen-bond acceptors (Lipinski definition) is 5. The fourth-order valence-electron chi connectivity index (χ4n) is 2.34. The zero-order chi connectivity index (χ0) is 19.3. The normalized spacial score (nSPS) is 11.2. The quantitative estimate of drug-likeness (QED) is 0.202. The van der Waals surface area contributed by atoms with E-state index in [-0.39, 0.29) is 24.0 Å². The monoisotopic (exact) mass is 521 g/mol. The molecule has 0 radical (unpaired) electrons. The van der Waals surface area contributed by atoms with E-state index in [2.05, 4.69) is 32.7 Å². The van der Waals surface area contributed by atoms with E-state index in [4.69, 9.17) is 20.9 Å². The summed E-state index contributed by atoms with van der Waals surface area (Å²) in [7, 11) is 1.75. The van der Waals surface area contributed by atoms with E-state index in [1.807, 2.05) is 24.3 Å². The lowest BCUT2D eigenvalue weighted by molar-refractivity contribution is 0.129. The summed E-state index contributed by atoms with van der Waals surface area (Å²) in [6, 6.07) is 7.38. The van der Waals surface area contributed by atoms with E-state index in [1.54, 1.807) is 7.05 Å². The number of aliphatic imine (C=N–C) groups is 1. The van der Waals surface area contributed by atoms with Crippen molar-refractivity contribution < 1.29 is 9.26 Å². The molecule has 0 unspecified atom stereocenters. The Morgan fingerprint density at radius 1 is 1.21 bits per heavy atom. The molecule has 0 aliphatic heterocycles. The Labute approximate surface area is 188 Å². The molecular formula is C19H29ClIN5O2. The summed E-state index contributed by atoms with van der Waals surface area (Å²) in [6.07, 6.45) is 3.83. The number of benzene rings is 1. The number of nitrogens with zero attached hydrogens (tertiary/aromatic N) is 3. The molecule has 1 aromatic carbocycles. The van der Waals surface area contributed by atoms with Crippen LogP contribution in [-0.2, 0) is 11.2 Å². The molecule has 2 N–H and O–H groups in total. The lowest BCUT2D eigenvalue weighted by atomic mass is 10.2. The van der Waals surface area contributed by atoms with Crippen LogP contribution in [0.4, 0.5) is 0 Å². The van der Waals surface area contributed by atoms with Crippen LogP contribution in [-0.4, -0.2) is 49.5 Å².